The molecular weight excluding hydrogens is 424 g/mol. The number of nitrogens with zero attached hydrogens (tertiary/aromatic N) is 3. The lowest BCUT2D eigenvalue weighted by Crippen LogP contribution is -2.48. The topological polar surface area (TPSA) is 80.9 Å². The van der Waals surface area contributed by atoms with Crippen molar-refractivity contribution >= 4 is 49.7 Å². The van der Waals surface area contributed by atoms with Crippen molar-refractivity contribution in [2.75, 3.05) is 51.0 Å². The number of carbonyl (C=O) groups excluding carboxylic acids is 1. The van der Waals surface area contributed by atoms with Crippen LogP contribution in [0, 0.1) is 0 Å². The molecule has 1 aliphatic heterocycles. The van der Waals surface area contributed by atoms with Crippen LogP contribution in [0.2, 0.25) is 0 Å². The predicted octanol–water partition coefficient (Wildman–Crippen LogP) is 4.01. The molecule has 32 heavy (non-hydrogen) atoms. The number of thiophene rings is 1. The highest BCUT2D eigenvalue weighted by Gasteiger charge is 2.26. The quantitative estimate of drug-likeness (QED) is 0.508. The van der Waals surface area contributed by atoms with Gasteiger partial charge in [0.2, 0.25) is 0 Å². The molecule has 2 aromatic carbocycles. The monoisotopic (exact) mass is 448 g/mol. The van der Waals surface area contributed by atoms with Gasteiger partial charge in [-0.1, -0.05) is 0 Å². The van der Waals surface area contributed by atoms with E-state index in [1.807, 2.05) is 53.4 Å². The van der Waals surface area contributed by atoms with E-state index < -0.39 is 0 Å². The number of pyridine rings is 1. The lowest BCUT2D eigenvalue weighted by Gasteiger charge is -2.36. The van der Waals surface area contributed by atoms with Crippen molar-refractivity contribution in [3.63, 3.8) is 0 Å². The number of aromatic nitrogens is 1. The Morgan fingerprint density at radius 3 is 2.34 bits per heavy atom. The largest absolute Gasteiger partial charge is 0.497 e. The average Bonchev–Trinajstić information content (AvgIpc) is 3.17. The Labute approximate surface area is 190 Å². The highest BCUT2D eigenvalue weighted by Crippen LogP contribution is 2.36. The number of anilines is 2. The maximum Gasteiger partial charge on any atom is 0.266 e. The lowest BCUT2D eigenvalue weighted by atomic mass is 10.1. The van der Waals surface area contributed by atoms with Gasteiger partial charge < -0.3 is 25.0 Å². The molecule has 7 nitrogen and oxygen atoms in total. The number of rotatable bonds is 4. The molecule has 0 aliphatic carbocycles. The molecular formula is C24H24N4O3S. The molecule has 0 unspecified atom stereocenters. The normalized spacial score (nSPS) is 14.2. The van der Waals surface area contributed by atoms with E-state index in [-0.39, 0.29) is 5.91 Å². The number of hydrogen-bond donors (Lipinski definition) is 1. The van der Waals surface area contributed by atoms with E-state index in [1.54, 1.807) is 14.2 Å². The van der Waals surface area contributed by atoms with E-state index in [9.17, 15) is 4.79 Å². The number of fused-ring (bicyclic) bond motifs is 2. The van der Waals surface area contributed by atoms with E-state index in [2.05, 4.69) is 4.90 Å². The Morgan fingerprint density at radius 1 is 0.969 bits per heavy atom. The van der Waals surface area contributed by atoms with Crippen LogP contribution in [0.3, 0.4) is 0 Å². The van der Waals surface area contributed by atoms with Gasteiger partial charge >= 0.3 is 0 Å². The molecule has 8 heteroatoms. The third kappa shape index (κ3) is 3.56. The number of piperazine rings is 1. The summed E-state index contributed by atoms with van der Waals surface area (Å²) in [7, 11) is 3.29. The van der Waals surface area contributed by atoms with E-state index >= 15 is 0 Å². The number of benzene rings is 2. The Kier molecular flexibility index (Phi) is 5.22. The fourth-order valence-corrected chi connectivity index (χ4v) is 5.12. The Bertz CT molecular complexity index is 1290. The average molecular weight is 449 g/mol. The SMILES string of the molecule is COc1ccc(N2CCN(C(=O)c3sc4nc5cc(OC)ccc5cc4c3N)CC2)cc1. The summed E-state index contributed by atoms with van der Waals surface area (Å²) in [6.07, 6.45) is 0. The van der Waals surface area contributed by atoms with Crippen LogP contribution in [0.1, 0.15) is 9.67 Å². The fraction of sp³-hybridized carbons (Fsp3) is 0.250. The van der Waals surface area contributed by atoms with Gasteiger partial charge in [-0.3, -0.25) is 4.79 Å². The molecule has 1 saturated heterocycles. The fourth-order valence-electron chi connectivity index (χ4n) is 4.06. The minimum Gasteiger partial charge on any atom is -0.497 e. The van der Waals surface area contributed by atoms with Crippen molar-refractivity contribution in [2.24, 2.45) is 0 Å². The number of methoxy groups -OCH3 is 2. The van der Waals surface area contributed by atoms with Gasteiger partial charge in [0.1, 0.15) is 21.2 Å². The molecule has 3 heterocycles. The number of nitrogens with two attached hydrogens (primary N) is 1. The molecule has 164 valence electrons. The first-order valence-electron chi connectivity index (χ1n) is 10.4. The van der Waals surface area contributed by atoms with Crippen LogP contribution in [0.15, 0.2) is 48.5 Å². The number of ether oxygens (including phenoxy) is 2. The van der Waals surface area contributed by atoms with Gasteiger partial charge in [0.25, 0.3) is 5.91 Å². The molecule has 2 N–H and O–H groups in total. The molecule has 4 aromatic rings. The van der Waals surface area contributed by atoms with Crippen molar-refractivity contribution < 1.29 is 14.3 Å². The second kappa shape index (κ2) is 8.20. The second-order valence-electron chi connectivity index (χ2n) is 7.72. The summed E-state index contributed by atoms with van der Waals surface area (Å²) in [5.74, 6) is 1.56. The first-order valence-corrected chi connectivity index (χ1v) is 11.2. The molecule has 0 radical (unpaired) electrons. The van der Waals surface area contributed by atoms with E-state index in [4.69, 9.17) is 20.2 Å². The summed E-state index contributed by atoms with van der Waals surface area (Å²) >= 11 is 1.36. The van der Waals surface area contributed by atoms with Crippen molar-refractivity contribution in [3.8, 4) is 11.5 Å². The zero-order valence-corrected chi connectivity index (χ0v) is 18.8. The second-order valence-corrected chi connectivity index (χ2v) is 8.72. The van der Waals surface area contributed by atoms with Crippen LogP contribution in [0.5, 0.6) is 11.5 Å². The summed E-state index contributed by atoms with van der Waals surface area (Å²) in [4.78, 5) is 23.5. The molecule has 0 atom stereocenters. The Balaban J connectivity index is 1.36. The highest BCUT2D eigenvalue weighted by atomic mass is 32.1. The first kappa shape index (κ1) is 20.4. The zero-order valence-electron chi connectivity index (χ0n) is 18.0. The van der Waals surface area contributed by atoms with Gasteiger partial charge in [-0.15, -0.1) is 11.3 Å². The van der Waals surface area contributed by atoms with Crippen molar-refractivity contribution in [3.05, 3.63) is 53.4 Å². The molecule has 1 aliphatic rings. The van der Waals surface area contributed by atoms with Gasteiger partial charge in [-0.25, -0.2) is 4.98 Å². The predicted molar refractivity (Wildman–Crippen MR) is 129 cm³/mol. The molecule has 2 aromatic heterocycles. The summed E-state index contributed by atoms with van der Waals surface area (Å²) in [6.45, 7) is 2.83. The number of amides is 1. The zero-order chi connectivity index (χ0) is 22.2. The summed E-state index contributed by atoms with van der Waals surface area (Å²) in [5.41, 5.74) is 8.88. The summed E-state index contributed by atoms with van der Waals surface area (Å²) in [6, 6.07) is 15.8. The smallest absolute Gasteiger partial charge is 0.266 e. The lowest BCUT2D eigenvalue weighted by molar-refractivity contribution is 0.0752. The molecule has 1 fully saturated rings. The van der Waals surface area contributed by atoms with E-state index in [1.165, 1.54) is 11.3 Å². The van der Waals surface area contributed by atoms with Gasteiger partial charge in [-0.05, 0) is 42.5 Å². The third-order valence-electron chi connectivity index (χ3n) is 5.92. The van der Waals surface area contributed by atoms with Crippen LogP contribution in [-0.2, 0) is 0 Å². The minimum atomic E-state index is -0.0264. The minimum absolute atomic E-state index is 0.0264. The maximum atomic E-state index is 13.3. The number of hydrogen-bond acceptors (Lipinski definition) is 7. The van der Waals surface area contributed by atoms with Crippen LogP contribution in [-0.4, -0.2) is 56.2 Å². The van der Waals surface area contributed by atoms with Gasteiger partial charge in [0.05, 0.1) is 25.4 Å². The first-order chi connectivity index (χ1) is 15.6. The summed E-state index contributed by atoms with van der Waals surface area (Å²) in [5, 5.41) is 1.79. The van der Waals surface area contributed by atoms with E-state index in [0.29, 0.717) is 23.7 Å². The Morgan fingerprint density at radius 2 is 1.66 bits per heavy atom. The Hall–Kier alpha value is -3.52. The highest BCUT2D eigenvalue weighted by molar-refractivity contribution is 7.21. The maximum absolute atomic E-state index is 13.3. The van der Waals surface area contributed by atoms with Crippen LogP contribution in [0.4, 0.5) is 11.4 Å². The summed E-state index contributed by atoms with van der Waals surface area (Å²) < 4.78 is 10.5. The molecule has 0 spiro atoms. The molecule has 5 rings (SSSR count). The third-order valence-corrected chi connectivity index (χ3v) is 7.03. The molecule has 0 bridgehead atoms. The number of carbonyl (C=O) groups is 1. The van der Waals surface area contributed by atoms with Gasteiger partial charge in [0, 0.05) is 48.7 Å². The van der Waals surface area contributed by atoms with Gasteiger partial charge in [-0.2, -0.15) is 0 Å². The molecule has 0 saturated carbocycles. The number of nitrogen functional groups attached to an aromatic ring is 1. The van der Waals surface area contributed by atoms with Crippen LogP contribution >= 0.6 is 11.3 Å². The van der Waals surface area contributed by atoms with Gasteiger partial charge in [0.15, 0.2) is 0 Å². The van der Waals surface area contributed by atoms with Crippen LogP contribution in [0.25, 0.3) is 21.1 Å². The van der Waals surface area contributed by atoms with E-state index in [0.717, 1.165) is 51.4 Å². The van der Waals surface area contributed by atoms with Crippen molar-refractivity contribution in [1.29, 1.82) is 0 Å². The van der Waals surface area contributed by atoms with Crippen LogP contribution < -0.4 is 20.1 Å². The molecule has 1 amide bonds. The standard InChI is InChI=1S/C24H24N4O3S/c1-30-17-7-4-16(5-8-17)27-9-11-28(12-10-27)24(29)22-21(25)19-13-15-3-6-18(31-2)14-20(15)26-23(19)32-22/h3-8,13-14H,9-12,25H2,1-2H3. The van der Waals surface area contributed by atoms with Crippen molar-refractivity contribution in [2.45, 2.75) is 0 Å². The van der Waals surface area contributed by atoms with Crippen molar-refractivity contribution in [1.82, 2.24) is 9.88 Å².